The molecule has 0 radical (unpaired) electrons. The van der Waals surface area contributed by atoms with Crippen molar-refractivity contribution in [1.82, 2.24) is 9.97 Å². The maximum absolute atomic E-state index is 14.1. The van der Waals surface area contributed by atoms with Crippen LogP contribution in [0.2, 0.25) is 0 Å². The van der Waals surface area contributed by atoms with E-state index in [0.717, 1.165) is 40.8 Å². The lowest BCUT2D eigenvalue weighted by Gasteiger charge is -2.39. The van der Waals surface area contributed by atoms with Gasteiger partial charge in [0.25, 0.3) is 0 Å². The number of carbonyl (C=O) groups is 1. The summed E-state index contributed by atoms with van der Waals surface area (Å²) >= 11 is 0. The molecule has 166 valence electrons. The van der Waals surface area contributed by atoms with E-state index in [9.17, 15) is 4.79 Å². The molecule has 2 atom stereocenters. The topological polar surface area (TPSA) is 64.1 Å². The minimum absolute atomic E-state index is 0.0219. The summed E-state index contributed by atoms with van der Waals surface area (Å²) in [6.07, 6.45) is 1.67. The number of methoxy groups -OCH3 is 1. The first-order chi connectivity index (χ1) is 15.0. The number of nitrogens with one attached hydrogen (secondary N) is 1. The van der Waals surface area contributed by atoms with E-state index in [1.54, 1.807) is 7.11 Å². The number of ether oxygens (including phenoxy) is 1. The molecular formula is C27H31N3O2. The Bertz CT molecular complexity index is 1300. The fraction of sp³-hybridized carbons (Fsp3) is 0.444. The lowest BCUT2D eigenvalue weighted by molar-refractivity contribution is -0.125. The van der Waals surface area contributed by atoms with Gasteiger partial charge < -0.3 is 10.1 Å². The number of anilines is 1. The molecular weight excluding hydrogens is 398 g/mol. The van der Waals surface area contributed by atoms with Gasteiger partial charge in [0.15, 0.2) is 0 Å². The van der Waals surface area contributed by atoms with Crippen molar-refractivity contribution in [2.75, 3.05) is 12.4 Å². The zero-order valence-electron chi connectivity index (χ0n) is 20.0. The van der Waals surface area contributed by atoms with Crippen molar-refractivity contribution in [3.63, 3.8) is 0 Å². The summed E-state index contributed by atoms with van der Waals surface area (Å²) in [7, 11) is 1.63. The Balaban J connectivity index is 1.70. The van der Waals surface area contributed by atoms with Crippen LogP contribution in [0, 0.1) is 26.2 Å². The monoisotopic (exact) mass is 429 g/mol. The van der Waals surface area contributed by atoms with Gasteiger partial charge in [-0.15, -0.1) is 0 Å². The summed E-state index contributed by atoms with van der Waals surface area (Å²) in [5.41, 5.74) is 6.47. The Hall–Kier alpha value is -2.95. The lowest BCUT2D eigenvalue weighted by atomic mass is 9.63. The van der Waals surface area contributed by atoms with E-state index in [0.29, 0.717) is 11.4 Å². The van der Waals surface area contributed by atoms with Crippen molar-refractivity contribution in [3.05, 3.63) is 58.4 Å². The summed E-state index contributed by atoms with van der Waals surface area (Å²) in [6, 6.07) is 10.0. The number of aryl methyl sites for hydroxylation is 3. The first-order valence-electron chi connectivity index (χ1n) is 11.3. The number of nitrogens with zero attached hydrogens (tertiary/aromatic N) is 2. The number of hydrogen-bond donors (Lipinski definition) is 1. The summed E-state index contributed by atoms with van der Waals surface area (Å²) in [6.45, 7) is 12.9. The lowest BCUT2D eigenvalue weighted by Crippen LogP contribution is -2.48. The second-order valence-electron chi connectivity index (χ2n) is 10.4. The summed E-state index contributed by atoms with van der Waals surface area (Å²) in [5, 5.41) is 3.21. The van der Waals surface area contributed by atoms with E-state index < -0.39 is 5.41 Å². The van der Waals surface area contributed by atoms with Gasteiger partial charge in [-0.1, -0.05) is 26.8 Å². The normalized spacial score (nSPS) is 25.1. The number of fused-ring (bicyclic) bond motifs is 6. The van der Waals surface area contributed by atoms with Gasteiger partial charge in [-0.3, -0.25) is 4.79 Å². The number of aromatic nitrogens is 2. The molecule has 32 heavy (non-hydrogen) atoms. The molecule has 1 heterocycles. The van der Waals surface area contributed by atoms with Crippen molar-refractivity contribution in [2.45, 2.75) is 65.2 Å². The Morgan fingerprint density at radius 2 is 1.56 bits per heavy atom. The molecule has 3 aromatic rings. The van der Waals surface area contributed by atoms with E-state index in [1.807, 2.05) is 25.1 Å². The summed E-state index contributed by atoms with van der Waals surface area (Å²) in [4.78, 5) is 24.4. The van der Waals surface area contributed by atoms with Crippen LogP contribution in [0.3, 0.4) is 0 Å². The van der Waals surface area contributed by atoms with Gasteiger partial charge in [-0.05, 0) is 80.0 Å². The number of rotatable bonds is 3. The molecule has 2 aliphatic rings. The predicted octanol–water partition coefficient (Wildman–Crippen LogP) is 5.53. The Kier molecular flexibility index (Phi) is 4.27. The van der Waals surface area contributed by atoms with Gasteiger partial charge in [-0.2, -0.15) is 0 Å². The van der Waals surface area contributed by atoms with Crippen molar-refractivity contribution >= 4 is 22.6 Å². The third kappa shape index (κ3) is 2.42. The predicted molar refractivity (Wildman–Crippen MR) is 127 cm³/mol. The smallest absolute Gasteiger partial charge is 0.237 e. The minimum Gasteiger partial charge on any atom is -0.495 e. The highest BCUT2D eigenvalue weighted by molar-refractivity contribution is 6.02. The number of benzene rings is 2. The number of amides is 1. The van der Waals surface area contributed by atoms with Gasteiger partial charge in [0.2, 0.25) is 5.91 Å². The van der Waals surface area contributed by atoms with Crippen LogP contribution in [0.15, 0.2) is 30.3 Å². The standard InChI is InChI=1S/C27H31N3O2/c1-15-8-9-21(32-7)20(12-15)30-24(31)27-11-10-26(6,25(27,4)5)22-23(27)29-19-14-17(3)16(2)13-18(19)28-22/h8-9,12-14H,10-11H2,1-7H3,(H,30,31). The zero-order valence-corrected chi connectivity index (χ0v) is 20.0. The molecule has 5 nitrogen and oxygen atoms in total. The molecule has 2 bridgehead atoms. The largest absolute Gasteiger partial charge is 0.495 e. The van der Waals surface area contributed by atoms with E-state index >= 15 is 0 Å². The van der Waals surface area contributed by atoms with E-state index in [-0.39, 0.29) is 16.7 Å². The molecule has 1 saturated carbocycles. The molecule has 1 amide bonds. The van der Waals surface area contributed by atoms with Crippen LogP contribution >= 0.6 is 0 Å². The summed E-state index contributed by atoms with van der Waals surface area (Å²) < 4.78 is 5.52. The van der Waals surface area contributed by atoms with E-state index in [4.69, 9.17) is 14.7 Å². The fourth-order valence-corrected chi connectivity index (χ4v) is 6.01. The molecule has 1 fully saturated rings. The molecule has 2 unspecified atom stereocenters. The molecule has 5 heteroatoms. The molecule has 0 saturated heterocycles. The maximum Gasteiger partial charge on any atom is 0.237 e. The Morgan fingerprint density at radius 3 is 2.19 bits per heavy atom. The van der Waals surface area contributed by atoms with Gasteiger partial charge >= 0.3 is 0 Å². The van der Waals surface area contributed by atoms with Crippen LogP contribution in [0.5, 0.6) is 5.75 Å². The highest BCUT2D eigenvalue weighted by atomic mass is 16.5. The van der Waals surface area contributed by atoms with Gasteiger partial charge in [0.05, 0.1) is 40.6 Å². The summed E-state index contributed by atoms with van der Waals surface area (Å²) in [5.74, 6) is 0.638. The molecule has 0 spiro atoms. The number of hydrogen-bond acceptors (Lipinski definition) is 4. The minimum atomic E-state index is -0.744. The molecule has 2 aliphatic carbocycles. The van der Waals surface area contributed by atoms with Crippen LogP contribution in [-0.4, -0.2) is 23.0 Å². The van der Waals surface area contributed by atoms with E-state index in [1.165, 1.54) is 11.1 Å². The Labute approximate surface area is 189 Å². The molecule has 1 aromatic heterocycles. The van der Waals surface area contributed by atoms with Crippen molar-refractivity contribution < 1.29 is 9.53 Å². The molecule has 2 aromatic carbocycles. The Morgan fingerprint density at radius 1 is 0.938 bits per heavy atom. The van der Waals surface area contributed by atoms with Gasteiger partial charge in [0, 0.05) is 5.41 Å². The average Bonchev–Trinajstić information content (AvgIpc) is 3.03. The second kappa shape index (κ2) is 6.53. The van der Waals surface area contributed by atoms with E-state index in [2.05, 4.69) is 52.1 Å². The van der Waals surface area contributed by atoms with Crippen LogP contribution in [-0.2, 0) is 15.6 Å². The fourth-order valence-electron chi connectivity index (χ4n) is 6.01. The first-order valence-corrected chi connectivity index (χ1v) is 11.3. The van der Waals surface area contributed by atoms with Crippen LogP contribution < -0.4 is 10.1 Å². The number of carbonyl (C=O) groups excluding carboxylic acids is 1. The maximum atomic E-state index is 14.1. The third-order valence-corrected chi connectivity index (χ3v) is 8.64. The highest BCUT2D eigenvalue weighted by Gasteiger charge is 2.73. The SMILES string of the molecule is COc1ccc(C)cc1NC(=O)C12CCC(C)(c3nc4cc(C)c(C)cc4nc31)C2(C)C. The van der Waals surface area contributed by atoms with Crippen molar-refractivity contribution in [2.24, 2.45) is 5.41 Å². The van der Waals surface area contributed by atoms with Crippen molar-refractivity contribution in [1.29, 1.82) is 0 Å². The van der Waals surface area contributed by atoms with Gasteiger partial charge in [0.1, 0.15) is 5.75 Å². The van der Waals surface area contributed by atoms with Crippen LogP contribution in [0.4, 0.5) is 5.69 Å². The molecule has 0 aliphatic heterocycles. The zero-order chi connectivity index (χ0) is 23.1. The second-order valence-corrected chi connectivity index (χ2v) is 10.4. The quantitative estimate of drug-likeness (QED) is 0.594. The van der Waals surface area contributed by atoms with Crippen LogP contribution in [0.25, 0.3) is 11.0 Å². The van der Waals surface area contributed by atoms with Gasteiger partial charge in [-0.25, -0.2) is 9.97 Å². The molecule has 1 N–H and O–H groups in total. The highest BCUT2D eigenvalue weighted by Crippen LogP contribution is 2.70. The third-order valence-electron chi connectivity index (χ3n) is 8.64. The molecule has 5 rings (SSSR count). The van der Waals surface area contributed by atoms with Crippen LogP contribution in [0.1, 0.15) is 61.7 Å². The first kappa shape index (κ1) is 20.9. The average molecular weight is 430 g/mol. The van der Waals surface area contributed by atoms with Crippen molar-refractivity contribution in [3.8, 4) is 5.75 Å².